The van der Waals surface area contributed by atoms with E-state index in [2.05, 4.69) is 20.6 Å². The smallest absolute Gasteiger partial charge is 0.326 e. The number of aryl methyl sites for hydroxylation is 1. The van der Waals surface area contributed by atoms with E-state index in [9.17, 15) is 14.4 Å². The monoisotopic (exact) mass is 389 g/mol. The van der Waals surface area contributed by atoms with Crippen LogP contribution in [0.2, 0.25) is 0 Å². The minimum absolute atomic E-state index is 0.231. The lowest BCUT2D eigenvalue weighted by Gasteiger charge is -2.11. The highest BCUT2D eigenvalue weighted by Gasteiger charge is 2.15. The van der Waals surface area contributed by atoms with Crippen LogP contribution in [-0.2, 0) is 7.05 Å². The molecule has 0 unspecified atom stereocenters. The van der Waals surface area contributed by atoms with Crippen molar-refractivity contribution in [2.24, 2.45) is 7.05 Å². The van der Waals surface area contributed by atoms with E-state index in [4.69, 9.17) is 0 Å². The molecular formula is C21H19N5O3. The zero-order chi connectivity index (χ0) is 20.5. The van der Waals surface area contributed by atoms with E-state index in [0.29, 0.717) is 39.6 Å². The summed E-state index contributed by atoms with van der Waals surface area (Å²) in [7, 11) is 1.63. The Hall–Kier alpha value is -3.94. The number of imidazole rings is 1. The molecule has 0 spiro atoms. The van der Waals surface area contributed by atoms with Crippen LogP contribution in [0.4, 0.5) is 5.82 Å². The second-order valence-corrected chi connectivity index (χ2v) is 6.61. The van der Waals surface area contributed by atoms with E-state index in [-0.39, 0.29) is 23.3 Å². The summed E-state index contributed by atoms with van der Waals surface area (Å²) in [5, 5.41) is 6.24. The van der Waals surface area contributed by atoms with Crippen LogP contribution in [0.1, 0.15) is 27.6 Å². The molecule has 0 saturated heterocycles. The maximum absolute atomic E-state index is 12.8. The number of carbonyl (C=O) groups excluding carboxylic acids is 2. The number of para-hydroxylation sites is 1. The topological polar surface area (TPSA) is 109 Å². The molecule has 2 aromatic carbocycles. The summed E-state index contributed by atoms with van der Waals surface area (Å²) in [6, 6.07) is 13.8. The highest BCUT2D eigenvalue weighted by Crippen LogP contribution is 2.22. The van der Waals surface area contributed by atoms with Crippen molar-refractivity contribution in [2.45, 2.75) is 6.92 Å². The van der Waals surface area contributed by atoms with Crippen molar-refractivity contribution in [3.05, 3.63) is 70.1 Å². The Morgan fingerprint density at radius 1 is 1.10 bits per heavy atom. The molecule has 0 radical (unpaired) electrons. The number of rotatable bonds is 4. The molecule has 3 N–H and O–H groups in total. The van der Waals surface area contributed by atoms with Crippen LogP contribution in [0.3, 0.4) is 0 Å². The maximum atomic E-state index is 12.8. The molecular weight excluding hydrogens is 370 g/mol. The molecule has 29 heavy (non-hydrogen) atoms. The van der Waals surface area contributed by atoms with Crippen LogP contribution in [0.15, 0.2) is 53.3 Å². The molecule has 4 rings (SSSR count). The fraction of sp³-hybridized carbons (Fsp3) is 0.143. The summed E-state index contributed by atoms with van der Waals surface area (Å²) >= 11 is 0. The Kier molecular flexibility index (Phi) is 4.59. The first-order chi connectivity index (χ1) is 14.0. The standard InChI is InChI=1S/C21H19N5O3/c1-3-22-20(28)14-11-18(23-15-7-5-4-6-13(14)15)25-19(27)12-8-9-16-17(10-12)26(2)21(29)24-16/h4-11H,3H2,1-2H3,(H,22,28)(H,24,29)(H,23,25,27). The number of nitrogens with one attached hydrogen (secondary N) is 3. The first kappa shape index (κ1) is 18.4. The average Bonchev–Trinajstić information content (AvgIpc) is 3.00. The van der Waals surface area contributed by atoms with Gasteiger partial charge in [-0.2, -0.15) is 0 Å². The van der Waals surface area contributed by atoms with E-state index in [1.54, 1.807) is 37.4 Å². The predicted molar refractivity (Wildman–Crippen MR) is 111 cm³/mol. The van der Waals surface area contributed by atoms with Crippen LogP contribution in [0, 0.1) is 0 Å². The van der Waals surface area contributed by atoms with E-state index < -0.39 is 0 Å². The quantitative estimate of drug-likeness (QED) is 0.498. The van der Waals surface area contributed by atoms with Crippen LogP contribution < -0.4 is 16.3 Å². The minimum Gasteiger partial charge on any atom is -0.352 e. The summed E-state index contributed by atoms with van der Waals surface area (Å²) < 4.78 is 1.44. The summed E-state index contributed by atoms with van der Waals surface area (Å²) in [5.41, 5.74) is 2.45. The van der Waals surface area contributed by atoms with Gasteiger partial charge >= 0.3 is 5.69 Å². The predicted octanol–water partition coefficient (Wildman–Crippen LogP) is 2.42. The molecule has 0 aliphatic heterocycles. The van der Waals surface area contributed by atoms with Gasteiger partial charge < -0.3 is 15.6 Å². The van der Waals surface area contributed by atoms with Crippen molar-refractivity contribution in [1.82, 2.24) is 19.9 Å². The molecule has 8 nitrogen and oxygen atoms in total. The Balaban J connectivity index is 1.72. The van der Waals surface area contributed by atoms with Gasteiger partial charge in [-0.3, -0.25) is 14.2 Å². The lowest BCUT2D eigenvalue weighted by atomic mass is 10.1. The second kappa shape index (κ2) is 7.23. The summed E-state index contributed by atoms with van der Waals surface area (Å²) in [6.45, 7) is 2.33. The lowest BCUT2D eigenvalue weighted by molar-refractivity contribution is 0.0956. The fourth-order valence-electron chi connectivity index (χ4n) is 3.24. The largest absolute Gasteiger partial charge is 0.352 e. The number of aromatic nitrogens is 3. The van der Waals surface area contributed by atoms with Gasteiger partial charge in [-0.05, 0) is 37.3 Å². The number of benzene rings is 2. The highest BCUT2D eigenvalue weighted by atomic mass is 16.2. The first-order valence-electron chi connectivity index (χ1n) is 9.16. The summed E-state index contributed by atoms with van der Waals surface area (Å²) in [6.07, 6.45) is 0. The SMILES string of the molecule is CCNC(=O)c1cc(NC(=O)c2ccc3[nH]c(=O)n(C)c3c2)nc2ccccc12. The number of hydrogen-bond donors (Lipinski definition) is 3. The third kappa shape index (κ3) is 3.36. The lowest BCUT2D eigenvalue weighted by Crippen LogP contribution is -2.23. The Morgan fingerprint density at radius 2 is 1.90 bits per heavy atom. The van der Waals surface area contributed by atoms with Gasteiger partial charge in [0.15, 0.2) is 0 Å². The van der Waals surface area contributed by atoms with E-state index in [1.807, 2.05) is 25.1 Å². The van der Waals surface area contributed by atoms with Crippen LogP contribution in [-0.4, -0.2) is 32.9 Å². The van der Waals surface area contributed by atoms with Crippen molar-refractivity contribution >= 4 is 39.6 Å². The third-order valence-corrected chi connectivity index (χ3v) is 4.71. The normalized spacial score (nSPS) is 11.0. The van der Waals surface area contributed by atoms with Crippen molar-refractivity contribution in [3.8, 4) is 0 Å². The van der Waals surface area contributed by atoms with Gasteiger partial charge in [-0.15, -0.1) is 0 Å². The highest BCUT2D eigenvalue weighted by molar-refractivity contribution is 6.09. The third-order valence-electron chi connectivity index (χ3n) is 4.71. The van der Waals surface area contributed by atoms with E-state index in [0.717, 1.165) is 0 Å². The summed E-state index contributed by atoms with van der Waals surface area (Å²) in [5.74, 6) is -0.339. The zero-order valence-electron chi connectivity index (χ0n) is 15.9. The maximum Gasteiger partial charge on any atom is 0.326 e. The number of carbonyl (C=O) groups is 2. The number of H-pyrrole nitrogens is 1. The number of nitrogens with zero attached hydrogens (tertiary/aromatic N) is 2. The molecule has 146 valence electrons. The van der Waals surface area contributed by atoms with Gasteiger partial charge in [0.05, 0.1) is 22.1 Å². The van der Waals surface area contributed by atoms with Gasteiger partial charge in [0.25, 0.3) is 11.8 Å². The molecule has 8 heteroatoms. The molecule has 2 heterocycles. The molecule has 0 atom stereocenters. The Bertz CT molecular complexity index is 1320. The molecule has 2 aromatic heterocycles. The average molecular weight is 389 g/mol. The zero-order valence-corrected chi connectivity index (χ0v) is 15.9. The van der Waals surface area contributed by atoms with Crippen molar-refractivity contribution in [1.29, 1.82) is 0 Å². The fourth-order valence-corrected chi connectivity index (χ4v) is 3.24. The summed E-state index contributed by atoms with van der Waals surface area (Å²) in [4.78, 5) is 44.2. The molecule has 0 saturated carbocycles. The van der Waals surface area contributed by atoms with E-state index >= 15 is 0 Å². The van der Waals surface area contributed by atoms with Crippen molar-refractivity contribution in [2.75, 3.05) is 11.9 Å². The van der Waals surface area contributed by atoms with Crippen molar-refractivity contribution < 1.29 is 9.59 Å². The van der Waals surface area contributed by atoms with Gasteiger partial charge in [0.2, 0.25) is 0 Å². The van der Waals surface area contributed by atoms with Crippen molar-refractivity contribution in [3.63, 3.8) is 0 Å². The molecule has 0 aliphatic carbocycles. The molecule has 0 aliphatic rings. The first-order valence-corrected chi connectivity index (χ1v) is 9.16. The second-order valence-electron chi connectivity index (χ2n) is 6.61. The molecule has 0 fully saturated rings. The van der Waals surface area contributed by atoms with Crippen LogP contribution >= 0.6 is 0 Å². The molecule has 0 bridgehead atoms. The van der Waals surface area contributed by atoms with Gasteiger partial charge in [0.1, 0.15) is 5.82 Å². The minimum atomic E-state index is -0.384. The van der Waals surface area contributed by atoms with Gasteiger partial charge in [0, 0.05) is 24.5 Å². The number of fused-ring (bicyclic) bond motifs is 2. The van der Waals surface area contributed by atoms with Crippen LogP contribution in [0.5, 0.6) is 0 Å². The Morgan fingerprint density at radius 3 is 2.69 bits per heavy atom. The number of pyridine rings is 1. The van der Waals surface area contributed by atoms with E-state index in [1.165, 1.54) is 4.57 Å². The van der Waals surface area contributed by atoms with Gasteiger partial charge in [-0.1, -0.05) is 18.2 Å². The number of aromatic amines is 1. The number of amides is 2. The molecule has 4 aromatic rings. The molecule has 2 amide bonds. The van der Waals surface area contributed by atoms with Crippen LogP contribution in [0.25, 0.3) is 21.9 Å². The van der Waals surface area contributed by atoms with Gasteiger partial charge in [-0.25, -0.2) is 9.78 Å². The number of hydrogen-bond acceptors (Lipinski definition) is 4. The Labute approximate surface area is 165 Å². The number of anilines is 1.